The molecule has 1 aliphatic rings. The maximum absolute atomic E-state index is 13.5. The largest absolute Gasteiger partial charge is 0.332 e. The van der Waals surface area contributed by atoms with Gasteiger partial charge < -0.3 is 9.47 Å². The van der Waals surface area contributed by atoms with Crippen molar-refractivity contribution in [1.82, 2.24) is 18.7 Å². The van der Waals surface area contributed by atoms with Crippen LogP contribution in [0.5, 0.6) is 0 Å². The highest BCUT2D eigenvalue weighted by Crippen LogP contribution is 2.33. The lowest BCUT2D eigenvalue weighted by atomic mass is 10.1. The molecule has 0 fully saturated rings. The van der Waals surface area contributed by atoms with E-state index >= 15 is 0 Å². The van der Waals surface area contributed by atoms with Gasteiger partial charge in [-0.3, -0.25) is 13.9 Å². The van der Waals surface area contributed by atoms with Gasteiger partial charge in [-0.05, 0) is 36.1 Å². The minimum absolute atomic E-state index is 0.236. The number of nitrogens with zero attached hydrogens (tertiary/aromatic N) is 5. The van der Waals surface area contributed by atoms with Crippen LogP contribution in [-0.4, -0.2) is 25.2 Å². The molecule has 0 bridgehead atoms. The van der Waals surface area contributed by atoms with Gasteiger partial charge in [0.1, 0.15) is 0 Å². The van der Waals surface area contributed by atoms with Crippen LogP contribution in [0, 0.1) is 12.8 Å². The van der Waals surface area contributed by atoms with Gasteiger partial charge in [0.2, 0.25) is 5.95 Å². The fraction of sp³-hybridized carbons (Fsp3) is 0.292. The van der Waals surface area contributed by atoms with Crippen molar-refractivity contribution >= 4 is 22.8 Å². The lowest BCUT2D eigenvalue weighted by molar-refractivity contribution is 0.458. The first-order chi connectivity index (χ1) is 14.9. The molecule has 4 aromatic rings. The second kappa shape index (κ2) is 7.27. The number of anilines is 2. The van der Waals surface area contributed by atoms with Crippen LogP contribution in [0.25, 0.3) is 11.2 Å². The molecule has 0 amide bonds. The van der Waals surface area contributed by atoms with Gasteiger partial charge in [0, 0.05) is 25.8 Å². The molecule has 1 atom stereocenters. The number of imidazole rings is 1. The molecule has 0 N–H and O–H groups in total. The molecule has 7 heteroatoms. The van der Waals surface area contributed by atoms with Crippen LogP contribution in [-0.2, 0) is 20.1 Å². The fourth-order valence-corrected chi connectivity index (χ4v) is 4.42. The highest BCUT2D eigenvalue weighted by atomic mass is 16.2. The summed E-state index contributed by atoms with van der Waals surface area (Å²) in [6, 6.07) is 17.8. The maximum Gasteiger partial charge on any atom is 0.332 e. The van der Waals surface area contributed by atoms with E-state index in [4.69, 9.17) is 4.98 Å². The summed E-state index contributed by atoms with van der Waals surface area (Å²) in [5, 5.41) is 0. The Morgan fingerprint density at radius 2 is 1.81 bits per heavy atom. The summed E-state index contributed by atoms with van der Waals surface area (Å²) in [7, 11) is 1.69. The van der Waals surface area contributed by atoms with Crippen molar-refractivity contribution in [3.8, 4) is 0 Å². The van der Waals surface area contributed by atoms with Gasteiger partial charge in [-0.25, -0.2) is 4.79 Å². The molecule has 3 heterocycles. The average molecular weight is 415 g/mol. The summed E-state index contributed by atoms with van der Waals surface area (Å²) in [4.78, 5) is 33.5. The molecule has 0 spiro atoms. The van der Waals surface area contributed by atoms with E-state index in [1.807, 2.05) is 41.0 Å². The third-order valence-electron chi connectivity index (χ3n) is 5.94. The monoisotopic (exact) mass is 415 g/mol. The van der Waals surface area contributed by atoms with E-state index in [2.05, 4.69) is 36.9 Å². The third-order valence-corrected chi connectivity index (χ3v) is 5.94. The van der Waals surface area contributed by atoms with E-state index in [0.717, 1.165) is 23.4 Å². The van der Waals surface area contributed by atoms with Gasteiger partial charge in [0.15, 0.2) is 11.2 Å². The van der Waals surface area contributed by atoms with E-state index in [9.17, 15) is 9.59 Å². The first kappa shape index (κ1) is 19.4. The van der Waals surface area contributed by atoms with Crippen molar-refractivity contribution in [1.29, 1.82) is 0 Å². The first-order valence-electron chi connectivity index (χ1n) is 10.5. The summed E-state index contributed by atoms with van der Waals surface area (Å²) in [5.74, 6) is 1.04. The summed E-state index contributed by atoms with van der Waals surface area (Å²) in [5.41, 5.74) is 3.38. The van der Waals surface area contributed by atoms with E-state index in [1.54, 1.807) is 7.05 Å². The minimum Gasteiger partial charge on any atom is -0.312 e. The van der Waals surface area contributed by atoms with Crippen LogP contribution in [0.4, 0.5) is 11.6 Å². The molecule has 0 saturated heterocycles. The molecule has 5 rings (SSSR count). The fourth-order valence-electron chi connectivity index (χ4n) is 4.42. The predicted molar refractivity (Wildman–Crippen MR) is 122 cm³/mol. The van der Waals surface area contributed by atoms with Crippen molar-refractivity contribution in [2.45, 2.75) is 26.9 Å². The Kier molecular flexibility index (Phi) is 4.54. The highest BCUT2D eigenvalue weighted by molar-refractivity contribution is 5.77. The zero-order valence-electron chi connectivity index (χ0n) is 17.9. The van der Waals surface area contributed by atoms with Crippen LogP contribution in [0.3, 0.4) is 0 Å². The Balaban J connectivity index is 1.74. The standard InChI is InChI=1S/C24H25N5O2/c1-16-8-7-11-19(12-16)27-13-17(2)14-28-20-21(25-23(27)28)26(3)24(31)29(22(20)30)15-18-9-5-4-6-10-18/h4-12,17H,13-15H2,1-3H3. The third kappa shape index (κ3) is 3.17. The number of hydrogen-bond donors (Lipinski definition) is 0. The van der Waals surface area contributed by atoms with Gasteiger partial charge in [-0.15, -0.1) is 0 Å². The van der Waals surface area contributed by atoms with E-state index < -0.39 is 0 Å². The number of fused-ring (bicyclic) bond motifs is 3. The predicted octanol–water partition coefficient (Wildman–Crippen LogP) is 3.04. The number of aryl methyl sites for hydroxylation is 2. The van der Waals surface area contributed by atoms with Crippen molar-refractivity contribution in [3.63, 3.8) is 0 Å². The average Bonchev–Trinajstić information content (AvgIpc) is 3.15. The summed E-state index contributed by atoms with van der Waals surface area (Å²) < 4.78 is 4.78. The molecule has 1 unspecified atom stereocenters. The second-order valence-electron chi connectivity index (χ2n) is 8.47. The Bertz CT molecular complexity index is 1400. The molecular formula is C24H25N5O2. The van der Waals surface area contributed by atoms with E-state index in [0.29, 0.717) is 29.6 Å². The zero-order valence-corrected chi connectivity index (χ0v) is 17.9. The van der Waals surface area contributed by atoms with Crippen molar-refractivity contribution in [2.24, 2.45) is 13.0 Å². The molecule has 1 aliphatic heterocycles. The summed E-state index contributed by atoms with van der Waals surface area (Å²) >= 11 is 0. The van der Waals surface area contributed by atoms with E-state index in [-0.39, 0.29) is 17.8 Å². The van der Waals surface area contributed by atoms with Gasteiger partial charge in [-0.2, -0.15) is 4.98 Å². The van der Waals surface area contributed by atoms with Crippen molar-refractivity contribution < 1.29 is 0 Å². The molecule has 158 valence electrons. The molecule has 31 heavy (non-hydrogen) atoms. The van der Waals surface area contributed by atoms with Crippen LogP contribution in [0.1, 0.15) is 18.1 Å². The minimum atomic E-state index is -0.355. The van der Waals surface area contributed by atoms with Crippen molar-refractivity contribution in [2.75, 3.05) is 11.4 Å². The van der Waals surface area contributed by atoms with E-state index in [1.165, 1.54) is 9.13 Å². The Morgan fingerprint density at radius 1 is 1.03 bits per heavy atom. The van der Waals surface area contributed by atoms with Crippen LogP contribution < -0.4 is 16.1 Å². The Hall–Kier alpha value is -3.61. The SMILES string of the molecule is Cc1cccc(N2CC(C)Cn3c2nc2c3c(=O)n(Cc3ccccc3)c(=O)n2C)c1. The molecule has 2 aromatic carbocycles. The smallest absolute Gasteiger partial charge is 0.312 e. The quantitative estimate of drug-likeness (QED) is 0.516. The molecule has 0 radical (unpaired) electrons. The topological polar surface area (TPSA) is 65.1 Å². The highest BCUT2D eigenvalue weighted by Gasteiger charge is 2.29. The number of rotatable bonds is 3. The maximum atomic E-state index is 13.5. The second-order valence-corrected chi connectivity index (χ2v) is 8.47. The molecular weight excluding hydrogens is 390 g/mol. The molecule has 7 nitrogen and oxygen atoms in total. The summed E-state index contributed by atoms with van der Waals surface area (Å²) in [6.07, 6.45) is 0. The molecule has 2 aromatic heterocycles. The zero-order chi connectivity index (χ0) is 21.7. The normalized spacial score (nSPS) is 16.0. The Labute approximate surface area is 179 Å². The van der Waals surface area contributed by atoms with Gasteiger partial charge in [-0.1, -0.05) is 49.4 Å². The molecule has 0 aliphatic carbocycles. The van der Waals surface area contributed by atoms with Gasteiger partial charge in [0.25, 0.3) is 5.56 Å². The van der Waals surface area contributed by atoms with Gasteiger partial charge in [0.05, 0.1) is 6.54 Å². The molecule has 0 saturated carbocycles. The number of aromatic nitrogens is 4. The first-order valence-corrected chi connectivity index (χ1v) is 10.5. The number of benzene rings is 2. The van der Waals surface area contributed by atoms with Crippen LogP contribution in [0.2, 0.25) is 0 Å². The lowest BCUT2D eigenvalue weighted by Crippen LogP contribution is -2.40. The Morgan fingerprint density at radius 3 is 2.55 bits per heavy atom. The van der Waals surface area contributed by atoms with Crippen LogP contribution >= 0.6 is 0 Å². The lowest BCUT2D eigenvalue weighted by Gasteiger charge is -2.33. The van der Waals surface area contributed by atoms with Crippen LogP contribution in [0.15, 0.2) is 64.2 Å². The summed E-state index contributed by atoms with van der Waals surface area (Å²) in [6.45, 7) is 5.96. The van der Waals surface area contributed by atoms with Crippen molar-refractivity contribution in [3.05, 3.63) is 86.6 Å². The van der Waals surface area contributed by atoms with Gasteiger partial charge >= 0.3 is 5.69 Å². The number of hydrogen-bond acceptors (Lipinski definition) is 4.